The molecule has 5 amide bonds. The summed E-state index contributed by atoms with van der Waals surface area (Å²) in [6, 6.07) is 55.4. The Hall–Kier alpha value is -18.3. The van der Waals surface area contributed by atoms with Gasteiger partial charge in [0, 0.05) is 53.1 Å². The summed E-state index contributed by atoms with van der Waals surface area (Å²) in [5, 5.41) is 67.7. The first-order valence-corrected chi connectivity index (χ1v) is 47.6. The number of nitrogens with one attached hydrogen (secondary N) is 11. The molecule has 0 radical (unpaired) electrons. The highest BCUT2D eigenvalue weighted by atomic mass is 32.1. The van der Waals surface area contributed by atoms with Gasteiger partial charge in [-0.25, -0.2) is 17.6 Å². The van der Waals surface area contributed by atoms with Gasteiger partial charge in [-0.05, 0) is 216 Å². The minimum atomic E-state index is -0.606. The molecular formula is C111H102F4N18O15S. The third-order valence-corrected chi connectivity index (χ3v) is 24.8. The predicted molar refractivity (Wildman–Crippen MR) is 565 cm³/mol. The Morgan fingerprint density at radius 3 is 1.28 bits per heavy atom. The van der Waals surface area contributed by atoms with Crippen LogP contribution in [0.2, 0.25) is 0 Å². The van der Waals surface area contributed by atoms with Crippen LogP contribution in [0.1, 0.15) is 129 Å². The van der Waals surface area contributed by atoms with Gasteiger partial charge in [0.25, 0.3) is 17.7 Å². The van der Waals surface area contributed by atoms with E-state index in [9.17, 15) is 46.6 Å². The predicted octanol–water partition coefficient (Wildman–Crippen LogP) is 19.9. The number of halogens is 4. The number of aliphatic hydroxyl groups is 1. The van der Waals surface area contributed by atoms with E-state index < -0.39 is 41.3 Å². The van der Waals surface area contributed by atoms with Crippen LogP contribution in [0, 0.1) is 29.2 Å². The number of aromatic nitrogens is 12. The van der Waals surface area contributed by atoms with Gasteiger partial charge in [-0.2, -0.15) is 25.5 Å². The van der Waals surface area contributed by atoms with Crippen LogP contribution in [0.3, 0.4) is 0 Å². The zero-order valence-corrected chi connectivity index (χ0v) is 82.6. The summed E-state index contributed by atoms with van der Waals surface area (Å²) in [7, 11) is 12.4. The highest BCUT2D eigenvalue weighted by Crippen LogP contribution is 2.39. The molecule has 38 heteroatoms. The molecule has 2 fully saturated rings. The fraction of sp³-hybridized carbons (Fsp3) is 0.171. The summed E-state index contributed by atoms with van der Waals surface area (Å²) < 4.78 is 104. The van der Waals surface area contributed by atoms with Crippen LogP contribution in [0.5, 0.6) is 46.0 Å². The largest absolute Gasteiger partial charge is 0.497 e. The van der Waals surface area contributed by atoms with Crippen molar-refractivity contribution < 1.29 is 89.0 Å². The number of anilines is 2. The van der Waals surface area contributed by atoms with Crippen molar-refractivity contribution in [3.63, 3.8) is 0 Å². The summed E-state index contributed by atoms with van der Waals surface area (Å²) in [5.41, 5.74) is 12.8. The van der Waals surface area contributed by atoms with Crippen molar-refractivity contribution in [3.05, 3.63) is 337 Å². The maximum Gasteiger partial charge on any atom is 0.255 e. The summed E-state index contributed by atoms with van der Waals surface area (Å²) in [6.45, 7) is 1.36. The van der Waals surface area contributed by atoms with Crippen LogP contribution < -0.4 is 69.8 Å². The minimum absolute atomic E-state index is 0.0160. The van der Waals surface area contributed by atoms with E-state index in [2.05, 4.69) is 92.9 Å². The molecule has 1 saturated heterocycles. The van der Waals surface area contributed by atoms with E-state index in [1.807, 2.05) is 133 Å². The van der Waals surface area contributed by atoms with Crippen molar-refractivity contribution >= 4 is 168 Å². The Balaban J connectivity index is 0.000000133. The zero-order chi connectivity index (χ0) is 104. The van der Waals surface area contributed by atoms with Crippen molar-refractivity contribution in [2.45, 2.75) is 57.5 Å². The average Bonchev–Trinajstić information content (AvgIpc) is 1.66. The molecule has 33 nitrogen and oxygen atoms in total. The molecule has 2 atom stereocenters. The second-order valence-electron chi connectivity index (χ2n) is 33.7. The van der Waals surface area contributed by atoms with Crippen LogP contribution in [0.25, 0.3) is 115 Å². The van der Waals surface area contributed by atoms with Gasteiger partial charge in [0.2, 0.25) is 11.8 Å². The Morgan fingerprint density at radius 2 is 0.886 bits per heavy atom. The highest BCUT2D eigenvalue weighted by Gasteiger charge is 2.31. The summed E-state index contributed by atoms with van der Waals surface area (Å²) >= 11 is 1.61. The second-order valence-corrected chi connectivity index (χ2v) is 34.8. The van der Waals surface area contributed by atoms with Gasteiger partial charge in [-0.1, -0.05) is 85.0 Å². The van der Waals surface area contributed by atoms with E-state index >= 15 is 0 Å². The molecule has 18 aromatic rings. The standard InChI is InChI=1S/C23H21N5O3.C23H21N3O4.C23H21N3O3S.C21H20F2N4O3.C21H19F2N3O2/c1-30-17-6-3-15(4-7-17)5-9-19-21-20(28-27-19)10-8-18(22(21)31-2)23(29)26-14-16-13-24-11-12-25-16;2*1-28-16-8-5-15(6-9-16)7-11-19-21-20(26-25-19)12-10-18(22(21)29-2)23(27)24-14-17-4-3-13-30-17;1-30-20-5-3-11(6-15(20)23)2-4-16-13-8-18(14(22)9-17(13)27-26-16)25-21(29)19-7-12(28)10-24-19;1-28-20-7-5-12(8-16(20)23)4-6-17-14-10-19(15(22)11-18(14)26-25-17)24-21(27)9-13-2-3-13/h3-13H,14H2,1-2H3,(H,26,29)(H,27,28);2*3-13H,14H2,1-2H3,(H,24,27)(H,25,26);2-6,8-9,12,19,24,28H,7,10H2,1H3,(H,25,29)(H,26,27);4-8,10-11,13H,2-3,9H2,1H3,(H,24,27)(H,25,26)/b9-5+;2*11-7+;4-2+;6-4+/t;;;12-,19+;/m...1./s1. The zero-order valence-electron chi connectivity index (χ0n) is 81.7. The average molecular weight is 2040 g/mol. The van der Waals surface area contributed by atoms with Crippen LogP contribution in [-0.2, 0) is 29.2 Å². The maximum atomic E-state index is 14.4. The highest BCUT2D eigenvalue weighted by molar-refractivity contribution is 7.09. The molecule has 0 spiro atoms. The number of H-pyrrole nitrogens is 5. The lowest BCUT2D eigenvalue weighted by molar-refractivity contribution is -0.118. The molecule has 149 heavy (non-hydrogen) atoms. The second kappa shape index (κ2) is 49.3. The quantitative estimate of drug-likeness (QED) is 0.0174. The molecule has 20 rings (SSSR count). The van der Waals surface area contributed by atoms with E-state index in [1.54, 1.807) is 163 Å². The van der Waals surface area contributed by atoms with Crippen molar-refractivity contribution in [2.75, 3.05) is 74.1 Å². The number of hydrogen-bond donors (Lipinski definition) is 12. The number of fused-ring (bicyclic) bond motifs is 5. The molecule has 10 aromatic carbocycles. The molecule has 760 valence electrons. The number of rotatable bonds is 32. The van der Waals surface area contributed by atoms with Gasteiger partial charge < -0.3 is 79.3 Å². The third-order valence-electron chi connectivity index (χ3n) is 23.9. The number of β-amino-alcohol motifs (C(OH)–C–C–N with tert-alkyl or cyclic N) is 1. The Labute approximate surface area is 854 Å². The number of methoxy groups -OCH3 is 8. The van der Waals surface area contributed by atoms with Crippen LogP contribution in [-0.4, -0.2) is 171 Å². The SMILES string of the molecule is COc1ccc(/C=C/c2[nH]nc3ccc(C(=O)NCc4ccco4)c(OC)c23)cc1.COc1ccc(/C=C/c2[nH]nc3ccc(C(=O)NCc4cccs4)c(OC)c23)cc1.COc1ccc(/C=C/c2[nH]nc3ccc(C(=O)NCc4cnccn4)c(OC)c23)cc1.COc1ccc(/C=C/c2n[nH]c3cc(F)c(NC(=O)CC4CC4)cc23)cc1F.COc1ccc(/C=C/c2n[nH]c3cc(F)c(NC(=O)[C@@H]4C[C@@H](O)CN4)cc23)cc1F. The Bertz CT molecular complexity index is 7730. The molecule has 2 aliphatic rings. The van der Waals surface area contributed by atoms with Gasteiger partial charge in [0.05, 0.1) is 207 Å². The molecular weight excluding hydrogens is 1930 g/mol. The molecule has 1 aliphatic heterocycles. The Kier molecular flexibility index (Phi) is 34.3. The number of carbonyl (C=O) groups is 5. The molecule has 1 saturated carbocycles. The fourth-order valence-corrected chi connectivity index (χ4v) is 16.6. The number of nitrogens with zero attached hydrogens (tertiary/aromatic N) is 7. The van der Waals surface area contributed by atoms with E-state index in [0.29, 0.717) is 133 Å². The van der Waals surface area contributed by atoms with Crippen LogP contribution in [0.4, 0.5) is 28.9 Å². The number of carbonyl (C=O) groups excluding carboxylic acids is 5. The lowest BCUT2D eigenvalue weighted by atomic mass is 10.1. The molecule has 0 bridgehead atoms. The van der Waals surface area contributed by atoms with Crippen molar-refractivity contribution in [1.29, 1.82) is 0 Å². The monoisotopic (exact) mass is 2030 g/mol. The normalized spacial score (nSPS) is 13.2. The summed E-state index contributed by atoms with van der Waals surface area (Å²) in [6.07, 6.45) is 26.9. The first-order valence-electron chi connectivity index (χ1n) is 46.7. The van der Waals surface area contributed by atoms with Crippen molar-refractivity contribution in [1.82, 2.24) is 82.2 Å². The maximum absolute atomic E-state index is 14.4. The van der Waals surface area contributed by atoms with Gasteiger partial charge in [-0.3, -0.25) is 59.4 Å². The van der Waals surface area contributed by atoms with Crippen LogP contribution in [0.15, 0.2) is 229 Å². The first kappa shape index (κ1) is 104. The number of furan rings is 1. The molecule has 12 N–H and O–H groups in total. The Morgan fingerprint density at radius 1 is 0.443 bits per heavy atom. The fourth-order valence-electron chi connectivity index (χ4n) is 16.0. The number of ether oxygens (including phenoxy) is 8. The van der Waals surface area contributed by atoms with Gasteiger partial charge in [0.15, 0.2) is 23.1 Å². The number of amides is 5. The number of thiophene rings is 1. The van der Waals surface area contributed by atoms with Gasteiger partial charge >= 0.3 is 0 Å². The van der Waals surface area contributed by atoms with Crippen molar-refractivity contribution in [3.8, 4) is 46.0 Å². The lowest BCUT2D eigenvalue weighted by Crippen LogP contribution is -2.35. The van der Waals surface area contributed by atoms with Crippen molar-refractivity contribution in [2.24, 2.45) is 5.92 Å². The molecule has 0 unspecified atom stereocenters. The topological polar surface area (TPSA) is 434 Å². The lowest BCUT2D eigenvalue weighted by Gasteiger charge is -2.12. The van der Waals surface area contributed by atoms with E-state index in [1.165, 1.54) is 57.7 Å². The van der Waals surface area contributed by atoms with E-state index in [4.69, 9.17) is 42.3 Å². The van der Waals surface area contributed by atoms with E-state index in [0.717, 1.165) is 90.4 Å². The number of aliphatic hydroxyl groups excluding tert-OH is 1. The summed E-state index contributed by atoms with van der Waals surface area (Å²) in [4.78, 5) is 72.0. The molecule has 9 heterocycles. The van der Waals surface area contributed by atoms with E-state index in [-0.39, 0.29) is 59.5 Å². The summed E-state index contributed by atoms with van der Waals surface area (Å²) in [5.74, 6) is 1.86. The number of hydrogen-bond acceptors (Lipinski definition) is 24. The van der Waals surface area contributed by atoms with Gasteiger partial charge in [0.1, 0.15) is 51.9 Å². The van der Waals surface area contributed by atoms with Crippen LogP contribution >= 0.6 is 11.3 Å². The third kappa shape index (κ3) is 26.3. The molecule has 1 aliphatic carbocycles. The molecule has 8 aromatic heterocycles. The minimum Gasteiger partial charge on any atom is -0.497 e. The first-order chi connectivity index (χ1) is 72.5. The number of benzene rings is 10. The smallest absolute Gasteiger partial charge is 0.255 e. The van der Waals surface area contributed by atoms with Gasteiger partial charge in [-0.15, -0.1) is 11.3 Å². The number of aromatic amines is 5.